The number of hydrogen-bond acceptors (Lipinski definition) is 6. The molecular formula is C29H42O6. The van der Waals surface area contributed by atoms with Crippen LogP contribution in [0.3, 0.4) is 0 Å². The maximum absolute atomic E-state index is 12.6. The molecule has 2 N–H and O–H groups in total. The Hall–Kier alpha value is -1.73. The molecule has 0 aromatic heterocycles. The lowest BCUT2D eigenvalue weighted by Gasteiger charge is -2.25. The summed E-state index contributed by atoms with van der Waals surface area (Å²) in [5.41, 5.74) is 1.01. The van der Waals surface area contributed by atoms with E-state index < -0.39 is 24.3 Å². The predicted molar refractivity (Wildman–Crippen MR) is 135 cm³/mol. The highest BCUT2D eigenvalue weighted by Crippen LogP contribution is 2.34. The molecule has 2 fully saturated rings. The number of carbonyl (C=O) groups excluding carboxylic acids is 1. The van der Waals surface area contributed by atoms with Crippen molar-refractivity contribution in [2.75, 3.05) is 0 Å². The van der Waals surface area contributed by atoms with E-state index in [-0.39, 0.29) is 24.4 Å². The van der Waals surface area contributed by atoms with Gasteiger partial charge >= 0.3 is 5.97 Å². The molecule has 4 rings (SSSR count). The quantitative estimate of drug-likeness (QED) is 0.341. The number of epoxide rings is 1. The lowest BCUT2D eigenvalue weighted by Crippen LogP contribution is -2.32. The average molecular weight is 487 g/mol. The lowest BCUT2D eigenvalue weighted by molar-refractivity contribution is -0.148. The number of rotatable bonds is 3. The second kappa shape index (κ2) is 13.0. The molecule has 1 saturated heterocycles. The molecule has 4 unspecified atom stereocenters. The Balaban J connectivity index is 1.42. The van der Waals surface area contributed by atoms with Gasteiger partial charge in [-0.25, -0.2) is 4.79 Å². The number of cyclic esters (lactones) is 1. The van der Waals surface area contributed by atoms with E-state index in [1.807, 2.05) is 6.08 Å². The summed E-state index contributed by atoms with van der Waals surface area (Å²) in [6, 6.07) is 0. The number of carbonyl (C=O) groups is 1. The van der Waals surface area contributed by atoms with Gasteiger partial charge in [-0.1, -0.05) is 61.8 Å². The van der Waals surface area contributed by atoms with Crippen LogP contribution in [-0.2, 0) is 19.0 Å². The van der Waals surface area contributed by atoms with E-state index in [2.05, 4.69) is 18.7 Å². The van der Waals surface area contributed by atoms with Crippen LogP contribution in [0.25, 0.3) is 0 Å². The van der Waals surface area contributed by atoms with Crippen LogP contribution in [0.1, 0.15) is 77.0 Å². The molecule has 35 heavy (non-hydrogen) atoms. The fourth-order valence-electron chi connectivity index (χ4n) is 5.52. The summed E-state index contributed by atoms with van der Waals surface area (Å²) in [6.45, 7) is 4.15. The summed E-state index contributed by atoms with van der Waals surface area (Å²) in [7, 11) is 0. The molecule has 0 aromatic rings. The van der Waals surface area contributed by atoms with Crippen molar-refractivity contribution in [2.24, 2.45) is 5.92 Å². The zero-order chi connectivity index (χ0) is 24.6. The summed E-state index contributed by atoms with van der Waals surface area (Å²) < 4.78 is 17.6. The molecule has 0 spiro atoms. The molecule has 4 aliphatic rings. The third kappa shape index (κ3) is 8.42. The SMILES string of the molecule is C=C1CCC[C@@H]2CC=CC(C/C=C\C(=O)OC(C(O)/C=C/C3CCCCC3)C[C@@H]3OC3[C@@H](O)C1)O2. The highest BCUT2D eigenvalue weighted by atomic mass is 16.6. The first-order valence-electron chi connectivity index (χ1n) is 13.5. The van der Waals surface area contributed by atoms with E-state index in [4.69, 9.17) is 14.2 Å². The third-order valence-corrected chi connectivity index (χ3v) is 7.64. The van der Waals surface area contributed by atoms with Crippen LogP contribution in [-0.4, -0.2) is 58.9 Å². The summed E-state index contributed by atoms with van der Waals surface area (Å²) in [5, 5.41) is 21.5. The molecule has 1 saturated carbocycles. The highest BCUT2D eigenvalue weighted by molar-refractivity contribution is 5.82. The van der Waals surface area contributed by atoms with Gasteiger partial charge in [0.2, 0.25) is 0 Å². The minimum atomic E-state index is -0.915. The van der Waals surface area contributed by atoms with E-state index in [9.17, 15) is 15.0 Å². The number of hydrogen-bond donors (Lipinski definition) is 2. The summed E-state index contributed by atoms with van der Waals surface area (Å²) in [4.78, 5) is 12.6. The summed E-state index contributed by atoms with van der Waals surface area (Å²) >= 11 is 0. The zero-order valence-corrected chi connectivity index (χ0v) is 20.8. The van der Waals surface area contributed by atoms with Crippen molar-refractivity contribution in [1.82, 2.24) is 0 Å². The molecule has 0 amide bonds. The van der Waals surface area contributed by atoms with E-state index in [1.54, 1.807) is 12.2 Å². The molecule has 7 atom stereocenters. The van der Waals surface area contributed by atoms with E-state index in [1.165, 1.54) is 25.3 Å². The van der Waals surface area contributed by atoms with Crippen molar-refractivity contribution in [3.05, 3.63) is 48.6 Å². The molecule has 6 nitrogen and oxygen atoms in total. The van der Waals surface area contributed by atoms with Gasteiger partial charge in [0.05, 0.1) is 24.4 Å². The largest absolute Gasteiger partial charge is 0.456 e. The topological polar surface area (TPSA) is 88.5 Å². The second-order valence-corrected chi connectivity index (χ2v) is 10.6. The fourth-order valence-corrected chi connectivity index (χ4v) is 5.52. The van der Waals surface area contributed by atoms with E-state index in [0.717, 1.165) is 44.1 Å². The normalized spacial score (nSPS) is 37.7. The molecule has 0 radical (unpaired) electrons. The molecular weight excluding hydrogens is 444 g/mol. The summed E-state index contributed by atoms with van der Waals surface area (Å²) in [6.07, 6.45) is 19.6. The van der Waals surface area contributed by atoms with Gasteiger partial charge < -0.3 is 24.4 Å². The fraction of sp³-hybridized carbons (Fsp3) is 0.690. The first-order chi connectivity index (χ1) is 17.0. The van der Waals surface area contributed by atoms with Gasteiger partial charge in [0.25, 0.3) is 0 Å². The number of aliphatic hydroxyl groups excluding tert-OH is 2. The number of aliphatic hydroxyl groups is 2. The van der Waals surface area contributed by atoms with Crippen LogP contribution < -0.4 is 0 Å². The van der Waals surface area contributed by atoms with Gasteiger partial charge in [-0.05, 0) is 57.3 Å². The van der Waals surface area contributed by atoms with E-state index >= 15 is 0 Å². The molecule has 1 aliphatic carbocycles. The highest BCUT2D eigenvalue weighted by Gasteiger charge is 2.46. The number of allylic oxidation sites excluding steroid dienone is 1. The van der Waals surface area contributed by atoms with Crippen LogP contribution >= 0.6 is 0 Å². The minimum absolute atomic E-state index is 0.0536. The number of fused-ring (bicyclic) bond motifs is 3. The maximum atomic E-state index is 12.6. The first-order valence-corrected chi connectivity index (χ1v) is 13.5. The Bertz CT molecular complexity index is 795. The minimum Gasteiger partial charge on any atom is -0.456 e. The first kappa shape index (κ1) is 26.3. The molecule has 194 valence electrons. The maximum Gasteiger partial charge on any atom is 0.330 e. The lowest BCUT2D eigenvalue weighted by atomic mass is 9.88. The number of esters is 1. The standard InChI is InChI=1S/C29H42O6/c1-20-8-5-11-22-12-6-13-23(33-22)14-7-15-28(32)34-26(19-27-29(35-27)25(31)18-20)24(30)17-16-21-9-3-2-4-10-21/h6-7,13,15-17,21-27,29-31H,1-5,8-12,14,18-19H2/b15-7-,17-16+/t22-,23?,24?,25+,26?,27+,29?/m1/s1. The Morgan fingerprint density at radius 3 is 2.71 bits per heavy atom. The van der Waals surface area contributed by atoms with Gasteiger partial charge in [0, 0.05) is 12.5 Å². The smallest absolute Gasteiger partial charge is 0.330 e. The Labute approximate surface area is 209 Å². The van der Waals surface area contributed by atoms with Crippen molar-refractivity contribution in [3.63, 3.8) is 0 Å². The molecule has 3 aliphatic heterocycles. The third-order valence-electron chi connectivity index (χ3n) is 7.64. The predicted octanol–water partition coefficient (Wildman–Crippen LogP) is 4.70. The van der Waals surface area contributed by atoms with Crippen molar-refractivity contribution >= 4 is 5.97 Å². The molecule has 3 heterocycles. The van der Waals surface area contributed by atoms with Crippen LogP contribution in [0, 0.1) is 5.92 Å². The summed E-state index contributed by atoms with van der Waals surface area (Å²) in [5.74, 6) is -0.0120. The zero-order valence-electron chi connectivity index (χ0n) is 20.8. The van der Waals surface area contributed by atoms with Crippen LogP contribution in [0.5, 0.6) is 0 Å². The van der Waals surface area contributed by atoms with Crippen LogP contribution in [0.2, 0.25) is 0 Å². The van der Waals surface area contributed by atoms with Gasteiger partial charge in [0.15, 0.2) is 0 Å². The van der Waals surface area contributed by atoms with Crippen molar-refractivity contribution in [1.29, 1.82) is 0 Å². The van der Waals surface area contributed by atoms with Crippen molar-refractivity contribution < 1.29 is 29.2 Å². The van der Waals surface area contributed by atoms with Gasteiger partial charge in [-0.15, -0.1) is 0 Å². The molecule has 2 bridgehead atoms. The molecule has 6 heteroatoms. The van der Waals surface area contributed by atoms with Gasteiger partial charge in [0.1, 0.15) is 18.3 Å². The van der Waals surface area contributed by atoms with Crippen molar-refractivity contribution in [3.8, 4) is 0 Å². The Morgan fingerprint density at radius 1 is 1.06 bits per heavy atom. The Kier molecular flexibility index (Phi) is 9.78. The van der Waals surface area contributed by atoms with Crippen molar-refractivity contribution in [2.45, 2.75) is 120 Å². The van der Waals surface area contributed by atoms with E-state index in [0.29, 0.717) is 25.2 Å². The van der Waals surface area contributed by atoms with Gasteiger partial charge in [-0.3, -0.25) is 0 Å². The van der Waals surface area contributed by atoms with Gasteiger partial charge in [-0.2, -0.15) is 0 Å². The monoisotopic (exact) mass is 486 g/mol. The molecule has 0 aromatic carbocycles. The number of ether oxygens (including phenoxy) is 3. The van der Waals surface area contributed by atoms with Crippen LogP contribution in [0.4, 0.5) is 0 Å². The average Bonchev–Trinajstić information content (AvgIpc) is 3.62. The van der Waals surface area contributed by atoms with Crippen LogP contribution in [0.15, 0.2) is 48.6 Å². The Morgan fingerprint density at radius 2 is 1.89 bits per heavy atom. The second-order valence-electron chi connectivity index (χ2n) is 10.6.